The molecule has 0 amide bonds. The molecule has 3 rings (SSSR count). The lowest BCUT2D eigenvalue weighted by atomic mass is 9.90. The summed E-state index contributed by atoms with van der Waals surface area (Å²) in [6.45, 7) is 5.50. The summed E-state index contributed by atoms with van der Waals surface area (Å²) >= 11 is 0. The molecule has 0 aliphatic heterocycles. The Bertz CT molecular complexity index is 867. The van der Waals surface area contributed by atoms with Gasteiger partial charge in [0, 0.05) is 5.41 Å². The van der Waals surface area contributed by atoms with Crippen molar-refractivity contribution in [2.75, 3.05) is 0 Å². The maximum absolute atomic E-state index is 13.1. The predicted octanol–water partition coefficient (Wildman–Crippen LogP) is 4.28. The normalized spacial score (nSPS) is 12.6. The third-order valence-electron chi connectivity index (χ3n) is 3.92. The first-order valence-corrected chi connectivity index (χ1v) is 8.26. The van der Waals surface area contributed by atoms with Gasteiger partial charge in [-0.3, -0.25) is 4.79 Å². The van der Waals surface area contributed by atoms with E-state index in [1.54, 1.807) is 24.3 Å². The zero-order valence-corrected chi connectivity index (χ0v) is 14.9. The van der Waals surface area contributed by atoms with Crippen LogP contribution in [-0.4, -0.2) is 20.5 Å². The van der Waals surface area contributed by atoms with Gasteiger partial charge in [0.15, 0.2) is 0 Å². The van der Waals surface area contributed by atoms with E-state index in [1.807, 2.05) is 32.9 Å². The Hall–Kier alpha value is -3.02. The molecule has 26 heavy (non-hydrogen) atoms. The lowest BCUT2D eigenvalue weighted by molar-refractivity contribution is -0.138. The number of nitrogens with zero attached hydrogens (tertiary/aromatic N) is 3. The largest absolute Gasteiger partial charge is 0.461 e. The van der Waals surface area contributed by atoms with Gasteiger partial charge in [-0.2, -0.15) is 5.10 Å². The monoisotopic (exact) mass is 353 g/mol. The minimum atomic E-state index is -0.894. The van der Waals surface area contributed by atoms with E-state index in [2.05, 4.69) is 10.1 Å². The first-order valence-electron chi connectivity index (χ1n) is 8.26. The summed E-state index contributed by atoms with van der Waals surface area (Å²) in [5.74, 6) is 0.157. The molecule has 0 fully saturated rings. The molecule has 0 saturated carbocycles. The van der Waals surface area contributed by atoms with Crippen LogP contribution < -0.4 is 4.74 Å². The summed E-state index contributed by atoms with van der Waals surface area (Å²) in [6.07, 6.45) is 1.93. The van der Waals surface area contributed by atoms with Gasteiger partial charge in [0.1, 0.15) is 24.2 Å². The lowest BCUT2D eigenvalue weighted by Crippen LogP contribution is -2.34. The van der Waals surface area contributed by atoms with Gasteiger partial charge >= 0.3 is 0 Å². The first-order chi connectivity index (χ1) is 12.3. The Balaban J connectivity index is 1.83. The number of hydrogen-bond acceptors (Lipinski definition) is 4. The Kier molecular flexibility index (Phi) is 4.84. The number of carbonyl (C=O) groups excluding carboxylic acids is 1. The van der Waals surface area contributed by atoms with Crippen molar-refractivity contribution in [2.24, 2.45) is 5.41 Å². The molecular formula is C20H20FN3O2. The average molecular weight is 353 g/mol. The summed E-state index contributed by atoms with van der Waals surface area (Å²) in [4.78, 5) is 16.6. The van der Waals surface area contributed by atoms with Crippen molar-refractivity contribution in [2.45, 2.75) is 27.0 Å². The molecule has 1 unspecified atom stereocenters. The molecule has 0 aliphatic rings. The highest BCUT2D eigenvalue weighted by Crippen LogP contribution is 2.28. The van der Waals surface area contributed by atoms with Crippen molar-refractivity contribution in [1.82, 2.24) is 14.8 Å². The van der Waals surface area contributed by atoms with Crippen molar-refractivity contribution in [1.29, 1.82) is 0 Å². The number of carbonyl (C=O) groups is 1. The van der Waals surface area contributed by atoms with Crippen LogP contribution in [0.3, 0.4) is 0 Å². The van der Waals surface area contributed by atoms with Crippen LogP contribution in [0.1, 0.15) is 27.0 Å². The summed E-state index contributed by atoms with van der Waals surface area (Å²) in [5.41, 5.74) is 1.23. The van der Waals surface area contributed by atoms with Gasteiger partial charge in [0.2, 0.25) is 5.78 Å². The number of rotatable bonds is 5. The molecule has 134 valence electrons. The summed E-state index contributed by atoms with van der Waals surface area (Å²) in [6, 6.07) is 13.5. The first kappa shape index (κ1) is 17.8. The predicted molar refractivity (Wildman–Crippen MR) is 96.0 cm³/mol. The quantitative estimate of drug-likeness (QED) is 0.687. The molecule has 3 aromatic rings. The van der Waals surface area contributed by atoms with Crippen molar-refractivity contribution < 1.29 is 13.9 Å². The summed E-state index contributed by atoms with van der Waals surface area (Å²) < 4.78 is 20.4. The van der Waals surface area contributed by atoms with Crippen LogP contribution in [0.5, 0.6) is 5.75 Å². The zero-order chi connectivity index (χ0) is 18.7. The molecule has 0 aliphatic carbocycles. The highest BCUT2D eigenvalue weighted by atomic mass is 19.1. The topological polar surface area (TPSA) is 57.0 Å². The van der Waals surface area contributed by atoms with E-state index in [9.17, 15) is 9.18 Å². The van der Waals surface area contributed by atoms with Gasteiger partial charge in [-0.05, 0) is 35.4 Å². The maximum Gasteiger partial charge on any atom is 0.252 e. The van der Waals surface area contributed by atoms with E-state index in [4.69, 9.17) is 4.74 Å². The Morgan fingerprint density at radius 2 is 1.62 bits per heavy atom. The second kappa shape index (κ2) is 7.07. The minimum Gasteiger partial charge on any atom is -0.461 e. The van der Waals surface area contributed by atoms with Crippen molar-refractivity contribution in [3.63, 3.8) is 0 Å². The summed E-state index contributed by atoms with van der Waals surface area (Å²) in [5, 5.41) is 4.04. The lowest BCUT2D eigenvalue weighted by Gasteiger charge is -2.25. The zero-order valence-electron chi connectivity index (χ0n) is 14.9. The van der Waals surface area contributed by atoms with Crippen molar-refractivity contribution in [3.8, 4) is 16.9 Å². The molecule has 1 aromatic heterocycles. The molecule has 6 heteroatoms. The van der Waals surface area contributed by atoms with Crippen LogP contribution >= 0.6 is 0 Å². The van der Waals surface area contributed by atoms with Gasteiger partial charge in [-0.15, -0.1) is 0 Å². The van der Waals surface area contributed by atoms with Gasteiger partial charge < -0.3 is 4.74 Å². The van der Waals surface area contributed by atoms with Crippen LogP contribution in [0.15, 0.2) is 61.2 Å². The number of ketones is 1. The van der Waals surface area contributed by atoms with Gasteiger partial charge in [0.25, 0.3) is 6.23 Å². The van der Waals surface area contributed by atoms with E-state index in [1.165, 1.54) is 29.5 Å². The Labute approximate surface area is 151 Å². The summed E-state index contributed by atoms with van der Waals surface area (Å²) in [7, 11) is 0. The van der Waals surface area contributed by atoms with Crippen LogP contribution in [0.25, 0.3) is 11.1 Å². The minimum absolute atomic E-state index is 0.106. The second-order valence-corrected chi connectivity index (χ2v) is 6.99. The smallest absolute Gasteiger partial charge is 0.252 e. The van der Waals surface area contributed by atoms with E-state index < -0.39 is 11.6 Å². The highest BCUT2D eigenvalue weighted by Gasteiger charge is 2.33. The second-order valence-electron chi connectivity index (χ2n) is 6.99. The van der Waals surface area contributed by atoms with Crippen LogP contribution in [0.4, 0.5) is 4.39 Å². The van der Waals surface area contributed by atoms with E-state index in [0.29, 0.717) is 5.75 Å². The van der Waals surface area contributed by atoms with Crippen LogP contribution in [-0.2, 0) is 4.79 Å². The maximum atomic E-state index is 13.1. The number of halogens is 1. The fourth-order valence-electron chi connectivity index (χ4n) is 2.43. The number of benzene rings is 2. The third kappa shape index (κ3) is 3.96. The number of aromatic nitrogens is 3. The van der Waals surface area contributed by atoms with Crippen LogP contribution in [0.2, 0.25) is 0 Å². The third-order valence-corrected chi connectivity index (χ3v) is 3.92. The molecule has 1 heterocycles. The molecule has 0 N–H and O–H groups in total. The average Bonchev–Trinajstić information content (AvgIpc) is 3.14. The van der Waals surface area contributed by atoms with Gasteiger partial charge in [-0.25, -0.2) is 14.1 Å². The molecule has 5 nitrogen and oxygen atoms in total. The molecule has 0 radical (unpaired) electrons. The highest BCUT2D eigenvalue weighted by molar-refractivity contribution is 5.86. The van der Waals surface area contributed by atoms with Crippen molar-refractivity contribution >= 4 is 5.78 Å². The van der Waals surface area contributed by atoms with Gasteiger partial charge in [-0.1, -0.05) is 45.0 Å². The molecule has 0 bridgehead atoms. The Morgan fingerprint density at radius 3 is 2.12 bits per heavy atom. The molecular weight excluding hydrogens is 333 g/mol. The van der Waals surface area contributed by atoms with E-state index in [-0.39, 0.29) is 11.6 Å². The van der Waals surface area contributed by atoms with E-state index in [0.717, 1.165) is 11.1 Å². The van der Waals surface area contributed by atoms with Gasteiger partial charge in [0.05, 0.1) is 0 Å². The fraction of sp³-hybridized carbons (Fsp3) is 0.250. The van der Waals surface area contributed by atoms with Crippen molar-refractivity contribution in [3.05, 3.63) is 67.0 Å². The Morgan fingerprint density at radius 1 is 1.04 bits per heavy atom. The molecule has 1 atom stereocenters. The number of Topliss-reactive ketones (excluding diaryl/α,β-unsaturated/α-hetero) is 1. The standard InChI is InChI=1S/C20H20FN3O2/c1-20(2,3)18(25)19(24-13-22-12-23-24)26-17-10-6-15(7-11-17)14-4-8-16(21)9-5-14/h4-13,19H,1-3H3. The molecule has 0 spiro atoms. The number of ether oxygens (including phenoxy) is 1. The van der Waals surface area contributed by atoms with E-state index >= 15 is 0 Å². The fourth-order valence-corrected chi connectivity index (χ4v) is 2.43. The molecule has 2 aromatic carbocycles. The molecule has 0 saturated heterocycles. The van der Waals surface area contributed by atoms with Crippen LogP contribution in [0, 0.1) is 11.2 Å². The SMILES string of the molecule is CC(C)(C)C(=O)C(Oc1ccc(-c2ccc(F)cc2)cc1)n1cncn1. The number of hydrogen-bond donors (Lipinski definition) is 0.